The van der Waals surface area contributed by atoms with Gasteiger partial charge in [-0.25, -0.2) is 0 Å². The molecule has 0 spiro atoms. The monoisotopic (exact) mass is 457 g/mol. The van der Waals surface area contributed by atoms with Gasteiger partial charge in [-0.15, -0.1) is 0 Å². The van der Waals surface area contributed by atoms with E-state index in [0.717, 1.165) is 24.2 Å². The molecular weight excluding hydrogens is 426 g/mol. The number of methoxy groups -OCH3 is 1. The molecule has 1 fully saturated rings. The van der Waals surface area contributed by atoms with Crippen LogP contribution in [0, 0.1) is 0 Å². The maximum Gasteiger partial charge on any atom is 0.234 e. The maximum absolute atomic E-state index is 13.6. The van der Waals surface area contributed by atoms with Crippen LogP contribution in [0.25, 0.3) is 0 Å². The summed E-state index contributed by atoms with van der Waals surface area (Å²) in [7, 11) is 1.59. The van der Waals surface area contributed by atoms with Gasteiger partial charge in [-0.05, 0) is 23.3 Å². The van der Waals surface area contributed by atoms with Crippen LogP contribution in [0.1, 0.15) is 23.5 Å². The molecule has 34 heavy (non-hydrogen) atoms. The van der Waals surface area contributed by atoms with Gasteiger partial charge in [-0.3, -0.25) is 14.5 Å². The van der Waals surface area contributed by atoms with Crippen molar-refractivity contribution < 1.29 is 14.3 Å². The van der Waals surface area contributed by atoms with Crippen LogP contribution in [0.3, 0.4) is 0 Å². The second-order valence-electron chi connectivity index (χ2n) is 8.42. The molecular formula is C28H31N3O3. The standard InChI is InChI=1S/C28H31N3O3/c1-34-25-15-9-8-14-24(25)29-26(32)16-17-30-18-20-31(21-19-30)28(33)27(22-10-4-2-5-11-22)23-12-6-3-7-13-23/h2-15,27H,16-21H2,1H3,(H,29,32). The lowest BCUT2D eigenvalue weighted by Crippen LogP contribution is -2.50. The quantitative estimate of drug-likeness (QED) is 0.556. The molecule has 0 unspecified atom stereocenters. The van der Waals surface area contributed by atoms with Gasteiger partial charge in [0, 0.05) is 39.1 Å². The third kappa shape index (κ3) is 5.83. The summed E-state index contributed by atoms with van der Waals surface area (Å²) in [6.45, 7) is 3.48. The molecule has 0 atom stereocenters. The summed E-state index contributed by atoms with van der Waals surface area (Å²) in [6, 6.07) is 27.3. The predicted molar refractivity (Wildman–Crippen MR) is 134 cm³/mol. The maximum atomic E-state index is 13.6. The molecule has 1 heterocycles. The number of anilines is 1. The van der Waals surface area contributed by atoms with Gasteiger partial charge in [0.1, 0.15) is 5.75 Å². The highest BCUT2D eigenvalue weighted by Gasteiger charge is 2.29. The summed E-state index contributed by atoms with van der Waals surface area (Å²) in [5.74, 6) is 0.428. The van der Waals surface area contributed by atoms with Gasteiger partial charge >= 0.3 is 0 Å². The van der Waals surface area contributed by atoms with E-state index in [2.05, 4.69) is 10.2 Å². The van der Waals surface area contributed by atoms with Crippen LogP contribution in [0.15, 0.2) is 84.9 Å². The highest BCUT2D eigenvalue weighted by Crippen LogP contribution is 2.27. The lowest BCUT2D eigenvalue weighted by molar-refractivity contribution is -0.133. The SMILES string of the molecule is COc1ccccc1NC(=O)CCN1CCN(C(=O)C(c2ccccc2)c2ccccc2)CC1. The minimum absolute atomic E-state index is 0.0452. The molecule has 0 aliphatic carbocycles. The van der Waals surface area contributed by atoms with Crippen LogP contribution >= 0.6 is 0 Å². The van der Waals surface area contributed by atoms with E-state index in [9.17, 15) is 9.59 Å². The number of para-hydroxylation sites is 2. The van der Waals surface area contributed by atoms with E-state index in [1.165, 1.54) is 0 Å². The number of nitrogens with zero attached hydrogens (tertiary/aromatic N) is 2. The Kier molecular flexibility index (Phi) is 7.94. The van der Waals surface area contributed by atoms with E-state index >= 15 is 0 Å². The summed E-state index contributed by atoms with van der Waals surface area (Å²) < 4.78 is 5.30. The first-order chi connectivity index (χ1) is 16.7. The van der Waals surface area contributed by atoms with Crippen molar-refractivity contribution in [3.05, 3.63) is 96.1 Å². The van der Waals surface area contributed by atoms with Gasteiger partial charge in [0.25, 0.3) is 0 Å². The van der Waals surface area contributed by atoms with Crippen LogP contribution < -0.4 is 10.1 Å². The lowest BCUT2D eigenvalue weighted by Gasteiger charge is -2.36. The highest BCUT2D eigenvalue weighted by molar-refractivity contribution is 5.92. The molecule has 0 bridgehead atoms. The van der Waals surface area contributed by atoms with Crippen molar-refractivity contribution in [1.29, 1.82) is 0 Å². The number of rotatable bonds is 8. The van der Waals surface area contributed by atoms with E-state index < -0.39 is 0 Å². The van der Waals surface area contributed by atoms with E-state index in [4.69, 9.17) is 4.74 Å². The Hall–Kier alpha value is -3.64. The Bertz CT molecular complexity index is 1040. The van der Waals surface area contributed by atoms with Crippen molar-refractivity contribution in [2.45, 2.75) is 12.3 Å². The van der Waals surface area contributed by atoms with Gasteiger partial charge in [-0.2, -0.15) is 0 Å². The average molecular weight is 458 g/mol. The molecule has 1 N–H and O–H groups in total. The normalized spacial score (nSPS) is 14.1. The molecule has 6 nitrogen and oxygen atoms in total. The zero-order valence-corrected chi connectivity index (χ0v) is 19.5. The second kappa shape index (κ2) is 11.5. The van der Waals surface area contributed by atoms with Crippen molar-refractivity contribution in [3.63, 3.8) is 0 Å². The van der Waals surface area contributed by atoms with Crippen LogP contribution in [0.5, 0.6) is 5.75 Å². The molecule has 3 aromatic carbocycles. The molecule has 2 amide bonds. The van der Waals surface area contributed by atoms with E-state index in [-0.39, 0.29) is 17.7 Å². The molecule has 0 radical (unpaired) electrons. The third-order valence-corrected chi connectivity index (χ3v) is 6.23. The van der Waals surface area contributed by atoms with Crippen molar-refractivity contribution >= 4 is 17.5 Å². The number of carbonyl (C=O) groups excluding carboxylic acids is 2. The minimum atomic E-state index is -0.305. The smallest absolute Gasteiger partial charge is 0.234 e. The highest BCUT2D eigenvalue weighted by atomic mass is 16.5. The number of hydrogen-bond acceptors (Lipinski definition) is 4. The number of hydrogen-bond donors (Lipinski definition) is 1. The van der Waals surface area contributed by atoms with Gasteiger partial charge in [0.05, 0.1) is 18.7 Å². The summed E-state index contributed by atoms with van der Waals surface area (Å²) in [5, 5.41) is 2.92. The number of carbonyl (C=O) groups is 2. The van der Waals surface area contributed by atoms with Crippen LogP contribution in [0.2, 0.25) is 0 Å². The molecule has 0 saturated carbocycles. The first-order valence-corrected chi connectivity index (χ1v) is 11.7. The Morgan fingerprint density at radius 2 is 1.38 bits per heavy atom. The molecule has 1 aliphatic heterocycles. The lowest BCUT2D eigenvalue weighted by atomic mass is 9.90. The summed E-state index contributed by atoms with van der Waals surface area (Å²) in [5.41, 5.74) is 2.70. The fourth-order valence-electron chi connectivity index (χ4n) is 4.36. The topological polar surface area (TPSA) is 61.9 Å². The van der Waals surface area contributed by atoms with Gasteiger partial charge < -0.3 is 15.0 Å². The fraction of sp³-hybridized carbons (Fsp3) is 0.286. The molecule has 176 valence electrons. The van der Waals surface area contributed by atoms with Crippen LogP contribution in [-0.4, -0.2) is 61.4 Å². The molecule has 3 aromatic rings. The Labute approximate surface area is 201 Å². The van der Waals surface area contributed by atoms with E-state index in [0.29, 0.717) is 37.5 Å². The first kappa shape index (κ1) is 23.5. The Morgan fingerprint density at radius 1 is 0.824 bits per heavy atom. The minimum Gasteiger partial charge on any atom is -0.495 e. The molecule has 1 saturated heterocycles. The van der Waals surface area contributed by atoms with Crippen LogP contribution in [-0.2, 0) is 9.59 Å². The Morgan fingerprint density at radius 3 is 1.97 bits per heavy atom. The zero-order valence-electron chi connectivity index (χ0n) is 19.5. The number of ether oxygens (including phenoxy) is 1. The van der Waals surface area contributed by atoms with Crippen LogP contribution in [0.4, 0.5) is 5.69 Å². The zero-order chi connectivity index (χ0) is 23.8. The largest absolute Gasteiger partial charge is 0.495 e. The van der Waals surface area contributed by atoms with Crippen molar-refractivity contribution in [1.82, 2.24) is 9.80 Å². The number of amides is 2. The van der Waals surface area contributed by atoms with Crippen molar-refractivity contribution in [2.24, 2.45) is 0 Å². The number of nitrogens with one attached hydrogen (secondary N) is 1. The number of benzene rings is 3. The fourth-order valence-corrected chi connectivity index (χ4v) is 4.36. The summed E-state index contributed by atoms with van der Waals surface area (Å²) in [6.07, 6.45) is 0.392. The van der Waals surface area contributed by atoms with Gasteiger partial charge in [0.2, 0.25) is 11.8 Å². The predicted octanol–water partition coefficient (Wildman–Crippen LogP) is 4.00. The van der Waals surface area contributed by atoms with Gasteiger partial charge in [0.15, 0.2) is 0 Å². The molecule has 6 heteroatoms. The van der Waals surface area contributed by atoms with Gasteiger partial charge in [-0.1, -0.05) is 72.8 Å². The first-order valence-electron chi connectivity index (χ1n) is 11.7. The summed E-state index contributed by atoms with van der Waals surface area (Å²) in [4.78, 5) is 30.2. The van der Waals surface area contributed by atoms with E-state index in [1.807, 2.05) is 89.8 Å². The second-order valence-corrected chi connectivity index (χ2v) is 8.42. The molecule has 1 aliphatic rings. The average Bonchev–Trinajstić information content (AvgIpc) is 2.89. The Balaban J connectivity index is 1.32. The van der Waals surface area contributed by atoms with E-state index in [1.54, 1.807) is 7.11 Å². The summed E-state index contributed by atoms with van der Waals surface area (Å²) >= 11 is 0. The molecule has 4 rings (SSSR count). The number of piperazine rings is 1. The molecule has 0 aromatic heterocycles. The van der Waals surface area contributed by atoms with Crippen molar-refractivity contribution in [3.8, 4) is 5.75 Å². The van der Waals surface area contributed by atoms with Crippen molar-refractivity contribution in [2.75, 3.05) is 45.2 Å². The third-order valence-electron chi connectivity index (χ3n) is 6.23.